The number of benzene rings is 1. The van der Waals surface area contributed by atoms with Crippen LogP contribution < -0.4 is 0 Å². The highest BCUT2D eigenvalue weighted by Gasteiger charge is 2.11. The highest BCUT2D eigenvalue weighted by molar-refractivity contribution is 9.08. The number of hydrogen-bond acceptors (Lipinski definition) is 4. The summed E-state index contributed by atoms with van der Waals surface area (Å²) in [5.41, 5.74) is 3.39. The van der Waals surface area contributed by atoms with Gasteiger partial charge in [-0.3, -0.25) is 0 Å². The summed E-state index contributed by atoms with van der Waals surface area (Å²) in [5, 5.41) is 9.49. The van der Waals surface area contributed by atoms with Crippen LogP contribution in [0.25, 0.3) is 16.9 Å². The van der Waals surface area contributed by atoms with Crippen molar-refractivity contribution >= 4 is 27.5 Å². The minimum Gasteiger partial charge on any atom is -0.245 e. The molecular weight excluding hydrogens is 342 g/mol. The highest BCUT2D eigenvalue weighted by Crippen LogP contribution is 2.27. The molecule has 0 aliphatic heterocycles. The third-order valence-electron chi connectivity index (χ3n) is 2.74. The standard InChI is InChI=1S/C13H9BrClN5/c14-6-10-7-20(19-18-10)13-2-1-9(15)5-11(13)12-3-4-16-8-17-12/h1-5,7-8H,6H2. The van der Waals surface area contributed by atoms with E-state index in [-0.39, 0.29) is 0 Å². The molecule has 100 valence electrons. The zero-order valence-corrected chi connectivity index (χ0v) is 12.6. The number of halogens is 2. The van der Waals surface area contributed by atoms with Crippen molar-refractivity contribution < 1.29 is 0 Å². The molecule has 0 amide bonds. The SMILES string of the molecule is Clc1ccc(-n2cc(CBr)nn2)c(-c2ccncn2)c1. The Morgan fingerprint density at radius 1 is 1.25 bits per heavy atom. The van der Waals surface area contributed by atoms with Crippen molar-refractivity contribution in [3.05, 3.63) is 53.7 Å². The smallest absolute Gasteiger partial charge is 0.116 e. The van der Waals surface area contributed by atoms with E-state index in [1.807, 2.05) is 30.5 Å². The largest absolute Gasteiger partial charge is 0.245 e. The van der Waals surface area contributed by atoms with Crippen molar-refractivity contribution in [3.63, 3.8) is 0 Å². The van der Waals surface area contributed by atoms with Crippen LogP contribution in [0, 0.1) is 0 Å². The van der Waals surface area contributed by atoms with E-state index in [0.717, 1.165) is 22.6 Å². The Balaban J connectivity index is 2.16. The summed E-state index contributed by atoms with van der Waals surface area (Å²) >= 11 is 9.45. The second-order valence-corrected chi connectivity index (χ2v) is 5.04. The number of alkyl halides is 1. The first-order valence-corrected chi connectivity index (χ1v) is 7.31. The third-order valence-corrected chi connectivity index (χ3v) is 3.55. The second-order valence-electron chi connectivity index (χ2n) is 4.04. The molecule has 0 aliphatic rings. The minimum absolute atomic E-state index is 0.642. The predicted octanol–water partition coefficient (Wildman–Crippen LogP) is 3.27. The van der Waals surface area contributed by atoms with E-state index >= 15 is 0 Å². The Hall–Kier alpha value is -1.79. The summed E-state index contributed by atoms with van der Waals surface area (Å²) in [6, 6.07) is 7.40. The van der Waals surface area contributed by atoms with Crippen molar-refractivity contribution in [2.75, 3.05) is 0 Å². The first kappa shape index (κ1) is 13.2. The number of nitrogens with zero attached hydrogens (tertiary/aromatic N) is 5. The molecule has 0 N–H and O–H groups in total. The maximum atomic E-state index is 6.09. The van der Waals surface area contributed by atoms with E-state index in [1.165, 1.54) is 6.33 Å². The first-order chi connectivity index (χ1) is 9.78. The molecule has 0 radical (unpaired) electrons. The fourth-order valence-electron chi connectivity index (χ4n) is 1.84. The van der Waals surface area contributed by atoms with Crippen LogP contribution in [0.5, 0.6) is 0 Å². The van der Waals surface area contributed by atoms with Gasteiger partial charge in [0, 0.05) is 22.1 Å². The molecule has 0 fully saturated rings. The van der Waals surface area contributed by atoms with Gasteiger partial charge in [-0.2, -0.15) is 0 Å². The molecule has 0 saturated carbocycles. The highest BCUT2D eigenvalue weighted by atomic mass is 79.9. The lowest BCUT2D eigenvalue weighted by molar-refractivity contribution is 0.801. The Kier molecular flexibility index (Phi) is 3.75. The molecule has 5 nitrogen and oxygen atoms in total. The van der Waals surface area contributed by atoms with Crippen molar-refractivity contribution in [1.29, 1.82) is 0 Å². The lowest BCUT2D eigenvalue weighted by Gasteiger charge is -2.08. The van der Waals surface area contributed by atoms with E-state index in [4.69, 9.17) is 11.6 Å². The quantitative estimate of drug-likeness (QED) is 0.680. The molecule has 0 saturated heterocycles. The molecule has 0 aliphatic carbocycles. The van der Waals surface area contributed by atoms with Crippen molar-refractivity contribution in [2.24, 2.45) is 0 Å². The summed E-state index contributed by atoms with van der Waals surface area (Å²) in [6.07, 6.45) is 5.06. The van der Waals surface area contributed by atoms with Crippen molar-refractivity contribution in [2.45, 2.75) is 5.33 Å². The summed E-state index contributed by atoms with van der Waals surface area (Å²) < 4.78 is 1.71. The van der Waals surface area contributed by atoms with Crippen LogP contribution in [-0.4, -0.2) is 25.0 Å². The van der Waals surface area contributed by atoms with E-state index in [1.54, 1.807) is 10.9 Å². The van der Waals surface area contributed by atoms with E-state index < -0.39 is 0 Å². The maximum absolute atomic E-state index is 6.09. The first-order valence-electron chi connectivity index (χ1n) is 5.81. The molecule has 2 heterocycles. The molecule has 20 heavy (non-hydrogen) atoms. The van der Waals surface area contributed by atoms with Crippen LogP contribution in [0.3, 0.4) is 0 Å². The van der Waals surface area contributed by atoms with Crippen molar-refractivity contribution in [3.8, 4) is 16.9 Å². The minimum atomic E-state index is 0.642. The fourth-order valence-corrected chi connectivity index (χ4v) is 2.27. The van der Waals surface area contributed by atoms with Crippen LogP contribution in [0.4, 0.5) is 0 Å². The van der Waals surface area contributed by atoms with Gasteiger partial charge < -0.3 is 0 Å². The fraction of sp³-hybridized carbons (Fsp3) is 0.0769. The molecule has 0 spiro atoms. The number of hydrogen-bond donors (Lipinski definition) is 0. The van der Waals surface area contributed by atoms with Crippen LogP contribution in [0.1, 0.15) is 5.69 Å². The van der Waals surface area contributed by atoms with Gasteiger partial charge in [0.15, 0.2) is 0 Å². The zero-order valence-electron chi connectivity index (χ0n) is 10.2. The molecule has 7 heteroatoms. The molecule has 1 aromatic carbocycles. The molecule has 3 rings (SSSR count). The molecule has 0 unspecified atom stereocenters. The summed E-state index contributed by atoms with van der Waals surface area (Å²) in [5.74, 6) is 0. The van der Waals surface area contributed by atoms with E-state index in [0.29, 0.717) is 10.4 Å². The molecule has 0 bridgehead atoms. The van der Waals surface area contributed by atoms with Gasteiger partial charge in [-0.25, -0.2) is 14.6 Å². The van der Waals surface area contributed by atoms with Gasteiger partial charge >= 0.3 is 0 Å². The van der Waals surface area contributed by atoms with E-state index in [2.05, 4.69) is 36.2 Å². The lowest BCUT2D eigenvalue weighted by Crippen LogP contribution is -1.99. The average Bonchev–Trinajstić information content (AvgIpc) is 2.97. The van der Waals surface area contributed by atoms with Gasteiger partial charge in [0.05, 0.1) is 23.3 Å². The van der Waals surface area contributed by atoms with E-state index in [9.17, 15) is 0 Å². The van der Waals surface area contributed by atoms with Crippen LogP contribution in [0.15, 0.2) is 43.0 Å². The molecule has 3 aromatic rings. The Morgan fingerprint density at radius 2 is 2.15 bits per heavy atom. The average molecular weight is 351 g/mol. The topological polar surface area (TPSA) is 56.5 Å². The van der Waals surface area contributed by atoms with Crippen LogP contribution in [0.2, 0.25) is 5.02 Å². The van der Waals surface area contributed by atoms with Gasteiger partial charge in [0.1, 0.15) is 6.33 Å². The van der Waals surface area contributed by atoms with Gasteiger partial charge in [-0.05, 0) is 24.3 Å². The Labute approximate surface area is 128 Å². The maximum Gasteiger partial charge on any atom is 0.116 e. The third kappa shape index (κ3) is 2.57. The van der Waals surface area contributed by atoms with Crippen molar-refractivity contribution in [1.82, 2.24) is 25.0 Å². The predicted molar refractivity (Wildman–Crippen MR) is 80.0 cm³/mol. The lowest BCUT2D eigenvalue weighted by atomic mass is 10.1. The molecule has 2 aromatic heterocycles. The Bertz CT molecular complexity index is 729. The summed E-state index contributed by atoms with van der Waals surface area (Å²) in [7, 11) is 0. The zero-order chi connectivity index (χ0) is 13.9. The van der Waals surface area contributed by atoms with Gasteiger partial charge in [-0.1, -0.05) is 32.7 Å². The summed E-state index contributed by atoms with van der Waals surface area (Å²) in [4.78, 5) is 8.19. The van der Waals surface area contributed by atoms with Gasteiger partial charge in [-0.15, -0.1) is 5.10 Å². The Morgan fingerprint density at radius 3 is 2.85 bits per heavy atom. The molecular formula is C13H9BrClN5. The normalized spacial score (nSPS) is 10.7. The monoisotopic (exact) mass is 349 g/mol. The molecule has 0 atom stereocenters. The number of rotatable bonds is 3. The van der Waals surface area contributed by atoms with Gasteiger partial charge in [0.25, 0.3) is 0 Å². The van der Waals surface area contributed by atoms with Crippen LogP contribution >= 0.6 is 27.5 Å². The second kappa shape index (κ2) is 5.68. The van der Waals surface area contributed by atoms with Gasteiger partial charge in [0.2, 0.25) is 0 Å². The number of aromatic nitrogens is 5. The summed E-state index contributed by atoms with van der Waals surface area (Å²) in [6.45, 7) is 0. The van der Waals surface area contributed by atoms with Crippen LogP contribution in [-0.2, 0) is 5.33 Å².